The fourth-order valence-corrected chi connectivity index (χ4v) is 5.14. The van der Waals surface area contributed by atoms with Crippen molar-refractivity contribution < 1.29 is 24.2 Å². The van der Waals surface area contributed by atoms with Gasteiger partial charge in [-0.1, -0.05) is 18.2 Å². The fourth-order valence-electron chi connectivity index (χ4n) is 5.14. The summed E-state index contributed by atoms with van der Waals surface area (Å²) >= 11 is 0. The van der Waals surface area contributed by atoms with Gasteiger partial charge in [-0.2, -0.15) is 0 Å². The van der Waals surface area contributed by atoms with Crippen LogP contribution in [0.3, 0.4) is 0 Å². The molecule has 1 amide bonds. The number of carboxylic acid groups (broad SMARTS) is 1. The molecule has 0 bridgehead atoms. The number of nitrogens with one attached hydrogen (secondary N) is 1. The van der Waals surface area contributed by atoms with E-state index in [9.17, 15) is 14.7 Å². The van der Waals surface area contributed by atoms with Gasteiger partial charge in [-0.15, -0.1) is 0 Å². The number of carbonyl (C=O) groups excluding carboxylic acids is 1. The molecule has 0 atom stereocenters. The molecular weight excluding hydrogens is 430 g/mol. The minimum absolute atomic E-state index is 0.00486. The number of fused-ring (bicyclic) bond motifs is 2. The molecule has 2 heterocycles. The second kappa shape index (κ2) is 7.62. The molecule has 6 rings (SSSR count). The molecule has 34 heavy (non-hydrogen) atoms. The molecule has 1 saturated carbocycles. The highest BCUT2D eigenvalue weighted by Crippen LogP contribution is 2.50. The van der Waals surface area contributed by atoms with Crippen molar-refractivity contribution >= 4 is 17.6 Å². The van der Waals surface area contributed by atoms with E-state index in [0.717, 1.165) is 52.8 Å². The number of ether oxygens (including phenoxy) is 2. The quantitative estimate of drug-likeness (QED) is 0.572. The first-order chi connectivity index (χ1) is 16.4. The predicted octanol–water partition coefficient (Wildman–Crippen LogP) is 4.90. The molecule has 0 unspecified atom stereocenters. The molecule has 0 aromatic heterocycles. The van der Waals surface area contributed by atoms with Crippen LogP contribution in [-0.4, -0.2) is 30.2 Å². The van der Waals surface area contributed by atoms with Gasteiger partial charge in [0.15, 0.2) is 0 Å². The average molecular weight is 456 g/mol. The van der Waals surface area contributed by atoms with Crippen molar-refractivity contribution in [2.45, 2.75) is 38.0 Å². The lowest BCUT2D eigenvalue weighted by Crippen LogP contribution is -2.27. The second-order valence-corrected chi connectivity index (χ2v) is 9.40. The normalized spacial score (nSPS) is 16.7. The number of rotatable bonds is 5. The van der Waals surface area contributed by atoms with Gasteiger partial charge in [0.25, 0.3) is 0 Å². The van der Waals surface area contributed by atoms with Crippen LogP contribution in [0.4, 0.5) is 5.69 Å². The third-order valence-corrected chi connectivity index (χ3v) is 7.25. The number of benzene rings is 3. The molecule has 1 aliphatic carbocycles. The maximum atomic E-state index is 13.4. The fraction of sp³-hybridized carbons (Fsp3) is 0.286. The smallest absolute Gasteiger partial charge is 0.339 e. The number of aromatic carboxylic acids is 1. The van der Waals surface area contributed by atoms with E-state index in [4.69, 9.17) is 9.47 Å². The topological polar surface area (TPSA) is 84.9 Å². The Morgan fingerprint density at radius 3 is 2.53 bits per heavy atom. The molecule has 0 spiro atoms. The Balaban J connectivity index is 1.31. The van der Waals surface area contributed by atoms with Crippen LogP contribution < -0.4 is 14.8 Å². The SMILES string of the molecule is Cc1ccc(NC(=O)C2(c3ccc4c(c3)CCO4)CC2)cc1-c1cc2c(c(C(=O)O)c1)OCC2. The first-order valence-electron chi connectivity index (χ1n) is 11.7. The van der Waals surface area contributed by atoms with Crippen molar-refractivity contribution in [3.05, 3.63) is 76.3 Å². The van der Waals surface area contributed by atoms with E-state index < -0.39 is 11.4 Å². The lowest BCUT2D eigenvalue weighted by atomic mass is 9.92. The monoisotopic (exact) mass is 455 g/mol. The molecule has 0 radical (unpaired) electrons. The van der Waals surface area contributed by atoms with Crippen LogP contribution in [0.5, 0.6) is 11.5 Å². The first kappa shape index (κ1) is 20.8. The zero-order valence-electron chi connectivity index (χ0n) is 18.9. The minimum Gasteiger partial charge on any atom is -0.493 e. The van der Waals surface area contributed by atoms with Crippen molar-refractivity contribution in [1.29, 1.82) is 0 Å². The molecule has 3 aromatic rings. The summed E-state index contributed by atoms with van der Waals surface area (Å²) in [5, 5.41) is 12.8. The Bertz CT molecular complexity index is 1360. The molecule has 172 valence electrons. The number of carbonyl (C=O) groups is 2. The van der Waals surface area contributed by atoms with E-state index in [0.29, 0.717) is 31.1 Å². The number of hydrogen-bond donors (Lipinski definition) is 2. The Labute approximate surface area is 197 Å². The highest BCUT2D eigenvalue weighted by molar-refractivity contribution is 6.02. The molecule has 6 heteroatoms. The van der Waals surface area contributed by atoms with Crippen LogP contribution in [0, 0.1) is 6.92 Å². The summed E-state index contributed by atoms with van der Waals surface area (Å²) in [4.78, 5) is 25.2. The van der Waals surface area contributed by atoms with Gasteiger partial charge in [-0.05, 0) is 83.5 Å². The van der Waals surface area contributed by atoms with Crippen molar-refractivity contribution in [1.82, 2.24) is 0 Å². The van der Waals surface area contributed by atoms with Gasteiger partial charge in [0.1, 0.15) is 17.1 Å². The first-order valence-corrected chi connectivity index (χ1v) is 11.7. The summed E-state index contributed by atoms with van der Waals surface area (Å²) in [5.41, 5.74) is 6.23. The summed E-state index contributed by atoms with van der Waals surface area (Å²) < 4.78 is 11.2. The summed E-state index contributed by atoms with van der Waals surface area (Å²) in [5.74, 6) is 0.379. The van der Waals surface area contributed by atoms with E-state index >= 15 is 0 Å². The van der Waals surface area contributed by atoms with Gasteiger partial charge in [0.05, 0.1) is 18.6 Å². The van der Waals surface area contributed by atoms with Crippen LogP contribution in [0.2, 0.25) is 0 Å². The third-order valence-electron chi connectivity index (χ3n) is 7.25. The predicted molar refractivity (Wildman–Crippen MR) is 128 cm³/mol. The minimum atomic E-state index is -1.00. The zero-order chi connectivity index (χ0) is 23.4. The Kier molecular flexibility index (Phi) is 4.66. The van der Waals surface area contributed by atoms with E-state index in [1.807, 2.05) is 43.3 Å². The summed E-state index contributed by atoms with van der Waals surface area (Å²) in [6.45, 7) is 3.17. The molecule has 2 N–H and O–H groups in total. The number of carboxylic acids is 1. The van der Waals surface area contributed by atoms with Crippen molar-refractivity contribution in [3.8, 4) is 22.6 Å². The molecule has 0 saturated heterocycles. The van der Waals surface area contributed by atoms with Crippen LogP contribution in [0.15, 0.2) is 48.5 Å². The van der Waals surface area contributed by atoms with Gasteiger partial charge in [0, 0.05) is 18.5 Å². The third kappa shape index (κ3) is 3.33. The van der Waals surface area contributed by atoms with Crippen molar-refractivity contribution in [2.24, 2.45) is 0 Å². The van der Waals surface area contributed by atoms with Crippen LogP contribution in [0.1, 0.15) is 45.5 Å². The van der Waals surface area contributed by atoms with Crippen LogP contribution in [0.25, 0.3) is 11.1 Å². The van der Waals surface area contributed by atoms with Gasteiger partial charge < -0.3 is 19.9 Å². The maximum absolute atomic E-state index is 13.4. The standard InChI is InChI=1S/C28H25NO5/c1-16-2-4-21(15-22(16)19-12-18-7-11-34-25(18)23(14-19)26(30)31)29-27(32)28(8-9-28)20-3-5-24-17(13-20)6-10-33-24/h2-5,12-15H,6-11H2,1H3,(H,29,32)(H,30,31). The zero-order valence-corrected chi connectivity index (χ0v) is 18.9. The lowest BCUT2D eigenvalue weighted by Gasteiger charge is -2.18. The lowest BCUT2D eigenvalue weighted by molar-refractivity contribution is -0.118. The van der Waals surface area contributed by atoms with Crippen molar-refractivity contribution in [2.75, 3.05) is 18.5 Å². The van der Waals surface area contributed by atoms with Gasteiger partial charge in [0.2, 0.25) is 5.91 Å². The van der Waals surface area contributed by atoms with E-state index in [1.165, 1.54) is 5.56 Å². The van der Waals surface area contributed by atoms with Gasteiger partial charge >= 0.3 is 5.97 Å². The van der Waals surface area contributed by atoms with E-state index in [2.05, 4.69) is 11.4 Å². The maximum Gasteiger partial charge on any atom is 0.339 e. The molecule has 3 aliphatic rings. The molecule has 6 nitrogen and oxygen atoms in total. The number of aryl methyl sites for hydroxylation is 1. The number of hydrogen-bond acceptors (Lipinski definition) is 4. The molecular formula is C28H25NO5. The highest BCUT2D eigenvalue weighted by Gasteiger charge is 2.51. The van der Waals surface area contributed by atoms with Crippen LogP contribution >= 0.6 is 0 Å². The summed E-state index contributed by atoms with van der Waals surface area (Å²) in [7, 11) is 0. The molecule has 2 aliphatic heterocycles. The largest absolute Gasteiger partial charge is 0.493 e. The highest BCUT2D eigenvalue weighted by atomic mass is 16.5. The second-order valence-electron chi connectivity index (χ2n) is 9.40. The van der Waals surface area contributed by atoms with E-state index in [1.54, 1.807) is 6.07 Å². The summed E-state index contributed by atoms with van der Waals surface area (Å²) in [6, 6.07) is 15.6. The molecule has 3 aromatic carbocycles. The Hall–Kier alpha value is -3.80. The van der Waals surface area contributed by atoms with Crippen LogP contribution in [-0.2, 0) is 23.1 Å². The number of amides is 1. The van der Waals surface area contributed by atoms with Gasteiger partial charge in [-0.3, -0.25) is 4.79 Å². The van der Waals surface area contributed by atoms with Crippen molar-refractivity contribution in [3.63, 3.8) is 0 Å². The van der Waals surface area contributed by atoms with E-state index in [-0.39, 0.29) is 11.5 Å². The summed E-state index contributed by atoms with van der Waals surface area (Å²) in [6.07, 6.45) is 3.22. The van der Waals surface area contributed by atoms with Gasteiger partial charge in [-0.25, -0.2) is 4.79 Å². The average Bonchev–Trinajstić information content (AvgIpc) is 3.27. The Morgan fingerprint density at radius 1 is 0.941 bits per heavy atom. The molecule has 1 fully saturated rings. The Morgan fingerprint density at radius 2 is 1.74 bits per heavy atom. The number of anilines is 1.